The van der Waals surface area contributed by atoms with Crippen LogP contribution in [0.1, 0.15) is 84.0 Å². The first-order valence-corrected chi connectivity index (χ1v) is 9.09. The van der Waals surface area contributed by atoms with Crippen molar-refractivity contribution in [2.45, 2.75) is 95.6 Å². The summed E-state index contributed by atoms with van der Waals surface area (Å²) in [6.07, 6.45) is 16.4. The molecular formula is C18H35NO. The standard InChI is InChI=1S/C18H35NO/c1-3-14-19-17(15-16-10-6-7-11-16)18(20-2)12-8-4-5-9-13-18/h16-17,19H,3-15H2,1-2H3. The molecule has 20 heavy (non-hydrogen) atoms. The maximum absolute atomic E-state index is 6.17. The summed E-state index contributed by atoms with van der Waals surface area (Å²) in [6.45, 7) is 3.41. The van der Waals surface area contributed by atoms with Crippen molar-refractivity contribution >= 4 is 0 Å². The number of rotatable bonds is 7. The molecular weight excluding hydrogens is 246 g/mol. The normalized spacial score (nSPS) is 25.5. The molecule has 0 saturated heterocycles. The van der Waals surface area contributed by atoms with Gasteiger partial charge in [-0.3, -0.25) is 0 Å². The van der Waals surface area contributed by atoms with Crippen LogP contribution >= 0.6 is 0 Å². The average molecular weight is 281 g/mol. The van der Waals surface area contributed by atoms with Gasteiger partial charge in [-0.2, -0.15) is 0 Å². The second-order valence-electron chi connectivity index (χ2n) is 7.08. The molecule has 1 N–H and O–H groups in total. The van der Waals surface area contributed by atoms with E-state index in [2.05, 4.69) is 12.2 Å². The highest BCUT2D eigenvalue weighted by Gasteiger charge is 2.40. The van der Waals surface area contributed by atoms with Crippen molar-refractivity contribution < 1.29 is 4.74 Å². The van der Waals surface area contributed by atoms with E-state index < -0.39 is 0 Å². The third-order valence-corrected chi connectivity index (χ3v) is 5.68. The first-order valence-electron chi connectivity index (χ1n) is 9.09. The summed E-state index contributed by atoms with van der Waals surface area (Å²) in [5.74, 6) is 0.944. The summed E-state index contributed by atoms with van der Waals surface area (Å²) in [5.41, 5.74) is 0.119. The Morgan fingerprint density at radius 1 is 1.05 bits per heavy atom. The molecule has 2 heteroatoms. The molecule has 2 nitrogen and oxygen atoms in total. The molecule has 0 amide bonds. The first kappa shape index (κ1) is 16.3. The fourth-order valence-corrected chi connectivity index (χ4v) is 4.40. The van der Waals surface area contributed by atoms with Crippen molar-refractivity contribution in [1.82, 2.24) is 5.32 Å². The number of hydrogen-bond donors (Lipinski definition) is 1. The molecule has 0 bridgehead atoms. The van der Waals surface area contributed by atoms with E-state index in [-0.39, 0.29) is 5.60 Å². The fraction of sp³-hybridized carbons (Fsp3) is 1.00. The Kier molecular flexibility index (Phi) is 6.83. The van der Waals surface area contributed by atoms with Gasteiger partial charge in [0.1, 0.15) is 0 Å². The molecule has 0 spiro atoms. The minimum absolute atomic E-state index is 0.119. The smallest absolute Gasteiger partial charge is 0.0831 e. The van der Waals surface area contributed by atoms with Gasteiger partial charge in [0, 0.05) is 13.2 Å². The van der Waals surface area contributed by atoms with E-state index in [1.165, 1.54) is 77.0 Å². The SMILES string of the molecule is CCCNC(CC1CCCC1)C1(OC)CCCCCC1. The lowest BCUT2D eigenvalue weighted by molar-refractivity contribution is -0.0581. The molecule has 2 aliphatic carbocycles. The molecule has 2 aliphatic rings. The Labute approximate surface area is 126 Å². The molecule has 2 saturated carbocycles. The van der Waals surface area contributed by atoms with Crippen LogP contribution in [0.15, 0.2) is 0 Å². The topological polar surface area (TPSA) is 21.3 Å². The van der Waals surface area contributed by atoms with Crippen molar-refractivity contribution in [1.29, 1.82) is 0 Å². The zero-order valence-electron chi connectivity index (χ0n) is 13.8. The molecule has 0 aliphatic heterocycles. The van der Waals surface area contributed by atoms with E-state index in [1.807, 2.05) is 7.11 Å². The van der Waals surface area contributed by atoms with Crippen LogP contribution in [0, 0.1) is 5.92 Å². The highest BCUT2D eigenvalue weighted by atomic mass is 16.5. The van der Waals surface area contributed by atoms with E-state index >= 15 is 0 Å². The van der Waals surface area contributed by atoms with Crippen molar-refractivity contribution in [2.24, 2.45) is 5.92 Å². The Morgan fingerprint density at radius 2 is 1.70 bits per heavy atom. The van der Waals surface area contributed by atoms with Crippen LogP contribution in [-0.4, -0.2) is 25.3 Å². The van der Waals surface area contributed by atoms with E-state index in [9.17, 15) is 0 Å². The van der Waals surface area contributed by atoms with Gasteiger partial charge in [-0.1, -0.05) is 58.3 Å². The Bertz CT molecular complexity index is 252. The predicted octanol–water partition coefficient (Wildman–Crippen LogP) is 4.67. The molecule has 0 aromatic rings. The molecule has 0 aromatic carbocycles. The molecule has 2 fully saturated rings. The zero-order chi connectivity index (χ0) is 14.3. The fourth-order valence-electron chi connectivity index (χ4n) is 4.40. The van der Waals surface area contributed by atoms with E-state index in [0.29, 0.717) is 6.04 Å². The van der Waals surface area contributed by atoms with Crippen LogP contribution < -0.4 is 5.32 Å². The van der Waals surface area contributed by atoms with Gasteiger partial charge in [0.15, 0.2) is 0 Å². The molecule has 118 valence electrons. The van der Waals surface area contributed by atoms with Crippen molar-refractivity contribution in [3.05, 3.63) is 0 Å². The summed E-state index contributed by atoms with van der Waals surface area (Å²) in [5, 5.41) is 3.86. The summed E-state index contributed by atoms with van der Waals surface area (Å²) in [4.78, 5) is 0. The van der Waals surface area contributed by atoms with Crippen LogP contribution in [-0.2, 0) is 4.74 Å². The summed E-state index contributed by atoms with van der Waals surface area (Å²) < 4.78 is 6.17. The maximum Gasteiger partial charge on any atom is 0.0831 e. The summed E-state index contributed by atoms with van der Waals surface area (Å²) in [6, 6.07) is 0.577. The Hall–Kier alpha value is -0.0800. The molecule has 2 rings (SSSR count). The minimum atomic E-state index is 0.119. The highest BCUT2D eigenvalue weighted by molar-refractivity contribution is 4.96. The lowest BCUT2D eigenvalue weighted by atomic mass is 9.80. The molecule has 1 atom stereocenters. The number of ether oxygens (including phenoxy) is 1. The van der Waals surface area contributed by atoms with E-state index in [4.69, 9.17) is 4.74 Å². The van der Waals surface area contributed by atoms with Gasteiger partial charge in [0.05, 0.1) is 5.60 Å². The van der Waals surface area contributed by atoms with E-state index in [0.717, 1.165) is 12.5 Å². The van der Waals surface area contributed by atoms with Gasteiger partial charge in [0.25, 0.3) is 0 Å². The second kappa shape index (κ2) is 8.38. The first-order chi connectivity index (χ1) is 9.80. The minimum Gasteiger partial charge on any atom is -0.377 e. The third-order valence-electron chi connectivity index (χ3n) is 5.68. The lowest BCUT2D eigenvalue weighted by Crippen LogP contribution is -2.53. The monoisotopic (exact) mass is 281 g/mol. The third kappa shape index (κ3) is 4.21. The van der Waals surface area contributed by atoms with Crippen LogP contribution in [0.3, 0.4) is 0 Å². The average Bonchev–Trinajstić information content (AvgIpc) is 2.86. The van der Waals surface area contributed by atoms with Crippen LogP contribution in [0.5, 0.6) is 0 Å². The molecule has 0 heterocycles. The van der Waals surface area contributed by atoms with Crippen LogP contribution in [0.4, 0.5) is 0 Å². The lowest BCUT2D eigenvalue weighted by Gasteiger charge is -2.41. The quantitative estimate of drug-likeness (QED) is 0.684. The van der Waals surface area contributed by atoms with Gasteiger partial charge < -0.3 is 10.1 Å². The maximum atomic E-state index is 6.17. The Balaban J connectivity index is 2.03. The molecule has 1 unspecified atom stereocenters. The predicted molar refractivity (Wildman–Crippen MR) is 86.1 cm³/mol. The van der Waals surface area contributed by atoms with Gasteiger partial charge in [-0.25, -0.2) is 0 Å². The van der Waals surface area contributed by atoms with Crippen molar-refractivity contribution in [3.8, 4) is 0 Å². The van der Waals surface area contributed by atoms with Crippen molar-refractivity contribution in [3.63, 3.8) is 0 Å². The second-order valence-corrected chi connectivity index (χ2v) is 7.08. The van der Waals surface area contributed by atoms with Crippen LogP contribution in [0.25, 0.3) is 0 Å². The van der Waals surface area contributed by atoms with Crippen LogP contribution in [0.2, 0.25) is 0 Å². The van der Waals surface area contributed by atoms with Gasteiger partial charge in [0.2, 0.25) is 0 Å². The zero-order valence-corrected chi connectivity index (χ0v) is 13.8. The highest BCUT2D eigenvalue weighted by Crippen LogP contribution is 2.38. The number of methoxy groups -OCH3 is 1. The summed E-state index contributed by atoms with van der Waals surface area (Å²) in [7, 11) is 1.96. The van der Waals surface area contributed by atoms with Gasteiger partial charge >= 0.3 is 0 Å². The molecule has 0 aromatic heterocycles. The number of nitrogens with one attached hydrogen (secondary N) is 1. The van der Waals surface area contributed by atoms with E-state index in [1.54, 1.807) is 0 Å². The van der Waals surface area contributed by atoms with Gasteiger partial charge in [-0.15, -0.1) is 0 Å². The van der Waals surface area contributed by atoms with Crippen molar-refractivity contribution in [2.75, 3.05) is 13.7 Å². The number of hydrogen-bond acceptors (Lipinski definition) is 2. The summed E-state index contributed by atoms with van der Waals surface area (Å²) >= 11 is 0. The largest absolute Gasteiger partial charge is 0.377 e. The Morgan fingerprint density at radius 3 is 2.25 bits per heavy atom. The molecule has 0 radical (unpaired) electrons. The van der Waals surface area contributed by atoms with Gasteiger partial charge in [-0.05, 0) is 38.1 Å².